The molecule has 0 N–H and O–H groups in total. The van der Waals surface area contributed by atoms with E-state index in [1.807, 2.05) is 54.6 Å². The van der Waals surface area contributed by atoms with E-state index in [-0.39, 0.29) is 17.5 Å². The van der Waals surface area contributed by atoms with Crippen LogP contribution in [-0.4, -0.2) is 25.3 Å². The Morgan fingerprint density at radius 3 is 2.39 bits per heavy atom. The predicted octanol–water partition coefficient (Wildman–Crippen LogP) is 9.59. The molecule has 0 heterocycles. The van der Waals surface area contributed by atoms with E-state index in [0.717, 1.165) is 80.6 Å². The molecule has 6 rings (SSSR count). The molecule has 46 heavy (non-hydrogen) atoms. The Bertz CT molecular complexity index is 1540. The van der Waals surface area contributed by atoms with Crippen molar-refractivity contribution in [1.29, 1.82) is 5.26 Å². The number of nitriles is 1. The van der Waals surface area contributed by atoms with E-state index in [1.54, 1.807) is 0 Å². The molecule has 0 unspecified atom stereocenters. The summed E-state index contributed by atoms with van der Waals surface area (Å²) in [6.45, 7) is 7.50. The van der Waals surface area contributed by atoms with Crippen molar-refractivity contribution in [1.82, 2.24) is 0 Å². The number of carbonyl (C=O) groups is 1. The summed E-state index contributed by atoms with van der Waals surface area (Å²) in [5, 5.41) is 9.00. The molecule has 5 atom stereocenters. The highest BCUT2D eigenvalue weighted by molar-refractivity contribution is 5.69. The molecule has 0 amide bonds. The quantitative estimate of drug-likeness (QED) is 0.109. The lowest BCUT2D eigenvalue weighted by Crippen LogP contribution is -2.45. The van der Waals surface area contributed by atoms with Crippen LogP contribution >= 0.6 is 0 Å². The van der Waals surface area contributed by atoms with E-state index < -0.39 is 0 Å². The number of unbranched alkanes of at least 4 members (excludes halogenated alkanes) is 2. The second-order valence-corrected chi connectivity index (χ2v) is 13.7. The van der Waals surface area contributed by atoms with Gasteiger partial charge in [0.2, 0.25) is 0 Å². The fourth-order valence-electron chi connectivity index (χ4n) is 8.47. The molecule has 5 heteroatoms. The second-order valence-electron chi connectivity index (χ2n) is 13.7. The highest BCUT2D eigenvalue weighted by Gasteiger charge is 2.56. The molecule has 0 saturated heterocycles. The van der Waals surface area contributed by atoms with Gasteiger partial charge in [-0.2, -0.15) is 5.26 Å². The van der Waals surface area contributed by atoms with Crippen LogP contribution in [0, 0.1) is 28.6 Å². The number of esters is 1. The topological polar surface area (TPSA) is 68.6 Å². The largest absolute Gasteiger partial charge is 0.494 e. The molecule has 3 aromatic carbocycles. The zero-order valence-electron chi connectivity index (χ0n) is 27.2. The predicted molar refractivity (Wildman–Crippen MR) is 182 cm³/mol. The van der Waals surface area contributed by atoms with Gasteiger partial charge in [0.05, 0.1) is 24.8 Å². The Morgan fingerprint density at radius 2 is 1.63 bits per heavy atom. The first-order chi connectivity index (χ1) is 22.5. The highest BCUT2D eigenvalue weighted by Crippen LogP contribution is 2.61. The van der Waals surface area contributed by atoms with Crippen LogP contribution in [0.1, 0.15) is 93.7 Å². The highest BCUT2D eigenvalue weighted by atomic mass is 16.5. The summed E-state index contributed by atoms with van der Waals surface area (Å²) in [6, 6.07) is 24.5. The summed E-state index contributed by atoms with van der Waals surface area (Å²) in [6.07, 6.45) is 12.7. The summed E-state index contributed by atoms with van der Waals surface area (Å²) < 4.78 is 18.2. The number of aryl methyl sites for hydroxylation is 1. The van der Waals surface area contributed by atoms with Gasteiger partial charge in [0, 0.05) is 11.8 Å². The van der Waals surface area contributed by atoms with Crippen LogP contribution < -0.4 is 9.47 Å². The Balaban J connectivity index is 0.938. The third-order valence-electron chi connectivity index (χ3n) is 11.0. The minimum atomic E-state index is -0.0598. The number of benzene rings is 3. The minimum Gasteiger partial charge on any atom is -0.494 e. The van der Waals surface area contributed by atoms with Gasteiger partial charge in [0.15, 0.2) is 0 Å². The van der Waals surface area contributed by atoms with Crippen LogP contribution in [0.2, 0.25) is 0 Å². The zero-order valence-corrected chi connectivity index (χ0v) is 27.2. The zero-order chi connectivity index (χ0) is 31.9. The maximum absolute atomic E-state index is 13.0. The van der Waals surface area contributed by atoms with Crippen molar-refractivity contribution in [2.75, 3.05) is 13.2 Å². The van der Waals surface area contributed by atoms with Gasteiger partial charge in [-0.3, -0.25) is 4.79 Å². The molecule has 5 nitrogen and oxygen atoms in total. The first-order valence-corrected chi connectivity index (χ1v) is 17.3. The van der Waals surface area contributed by atoms with E-state index in [0.29, 0.717) is 36.3 Å². The smallest absolute Gasteiger partial charge is 0.306 e. The Kier molecular flexibility index (Phi) is 10.1. The molecule has 0 radical (unpaired) electrons. The molecular formula is C41H47NO4. The molecule has 2 fully saturated rings. The van der Waals surface area contributed by atoms with Crippen LogP contribution in [0.5, 0.6) is 11.5 Å². The van der Waals surface area contributed by atoms with Crippen molar-refractivity contribution in [3.8, 4) is 28.7 Å². The number of hydrogen-bond donors (Lipinski definition) is 0. The van der Waals surface area contributed by atoms with Crippen molar-refractivity contribution in [2.24, 2.45) is 17.3 Å². The molecule has 3 aliphatic rings. The van der Waals surface area contributed by atoms with E-state index in [9.17, 15) is 4.79 Å². The summed E-state index contributed by atoms with van der Waals surface area (Å²) in [4.78, 5) is 13.0. The molecule has 240 valence electrons. The van der Waals surface area contributed by atoms with Crippen LogP contribution in [-0.2, 0) is 16.0 Å². The van der Waals surface area contributed by atoms with Gasteiger partial charge in [0.1, 0.15) is 17.6 Å². The van der Waals surface area contributed by atoms with Gasteiger partial charge in [0.25, 0.3) is 0 Å². The first-order valence-electron chi connectivity index (χ1n) is 17.3. The third-order valence-corrected chi connectivity index (χ3v) is 11.0. The molecular weight excluding hydrogens is 570 g/mol. The summed E-state index contributed by atoms with van der Waals surface area (Å²) >= 11 is 0. The fraction of sp³-hybridized carbons (Fsp3) is 0.463. The maximum Gasteiger partial charge on any atom is 0.306 e. The van der Waals surface area contributed by atoms with Crippen molar-refractivity contribution < 1.29 is 19.0 Å². The average Bonchev–Trinajstić information content (AvgIpc) is 3.42. The van der Waals surface area contributed by atoms with Gasteiger partial charge in [-0.05, 0) is 141 Å². The maximum atomic E-state index is 13.0. The molecule has 3 aliphatic carbocycles. The van der Waals surface area contributed by atoms with E-state index in [2.05, 4.69) is 37.8 Å². The number of fused-ring (bicyclic) bond motifs is 5. The Morgan fingerprint density at radius 1 is 0.913 bits per heavy atom. The lowest BCUT2D eigenvalue weighted by Gasteiger charge is -2.50. The van der Waals surface area contributed by atoms with Crippen molar-refractivity contribution in [3.05, 3.63) is 96.1 Å². The van der Waals surface area contributed by atoms with Gasteiger partial charge >= 0.3 is 5.97 Å². The minimum absolute atomic E-state index is 0.0320. The molecule has 2 saturated carbocycles. The van der Waals surface area contributed by atoms with Gasteiger partial charge < -0.3 is 14.2 Å². The molecule has 0 spiro atoms. The SMILES string of the molecule is C=CCCCOc1ccc2c(c1)CC[C@@H]1[C@@H]2CC[C@]2(C)[C@@H](OC(=O)CCCCOc3ccc(-c4ccc(C#N)cc4)cc3)CC[C@@H]12. The van der Waals surface area contributed by atoms with E-state index in [1.165, 1.54) is 24.0 Å². The van der Waals surface area contributed by atoms with Crippen molar-refractivity contribution in [2.45, 2.75) is 89.6 Å². The number of carbonyl (C=O) groups excluding carboxylic acids is 1. The van der Waals surface area contributed by atoms with Crippen LogP contribution in [0.15, 0.2) is 79.4 Å². The summed E-state index contributed by atoms with van der Waals surface area (Å²) in [7, 11) is 0. The average molecular weight is 618 g/mol. The number of nitrogens with zero attached hydrogens (tertiary/aromatic N) is 1. The van der Waals surface area contributed by atoms with Crippen molar-refractivity contribution >= 4 is 5.97 Å². The van der Waals surface area contributed by atoms with Crippen LogP contribution in [0.25, 0.3) is 11.1 Å². The normalized spacial score (nSPS) is 24.5. The van der Waals surface area contributed by atoms with Crippen molar-refractivity contribution in [3.63, 3.8) is 0 Å². The number of ether oxygens (including phenoxy) is 3. The molecule has 3 aromatic rings. The van der Waals surface area contributed by atoms with Gasteiger partial charge in [-0.1, -0.05) is 43.3 Å². The standard InChI is InChI=1S/C41H47NO4/c1-3-4-6-25-45-34-18-20-35-32(27-34)15-19-37-36(35)23-24-41(2)38(37)21-22-39(41)46-40(43)8-5-7-26-44-33-16-13-31(14-17-33)30-11-9-29(28-42)10-12-30/h3,9-14,16-18,20,27,36-39H,1,4-8,15,19,21-26H2,2H3/t36-,37-,38+,39+,41+/m1/s1. The lowest BCUT2D eigenvalue weighted by atomic mass is 9.55. The molecule has 0 aromatic heterocycles. The molecule has 0 bridgehead atoms. The molecule has 0 aliphatic heterocycles. The Hall–Kier alpha value is -4.04. The lowest BCUT2D eigenvalue weighted by molar-refractivity contribution is -0.157. The van der Waals surface area contributed by atoms with E-state index >= 15 is 0 Å². The summed E-state index contributed by atoms with van der Waals surface area (Å²) in [5.41, 5.74) is 5.88. The van der Waals surface area contributed by atoms with E-state index in [4.69, 9.17) is 19.5 Å². The first kappa shape index (κ1) is 31.9. The van der Waals surface area contributed by atoms with Crippen LogP contribution in [0.3, 0.4) is 0 Å². The summed E-state index contributed by atoms with van der Waals surface area (Å²) in [5.74, 6) is 3.65. The third kappa shape index (κ3) is 7.02. The monoisotopic (exact) mass is 617 g/mol. The number of hydrogen-bond acceptors (Lipinski definition) is 5. The van der Waals surface area contributed by atoms with Gasteiger partial charge in [-0.15, -0.1) is 6.58 Å². The van der Waals surface area contributed by atoms with Gasteiger partial charge in [-0.25, -0.2) is 0 Å². The fourth-order valence-corrected chi connectivity index (χ4v) is 8.47. The number of allylic oxidation sites excluding steroid dienone is 1. The number of rotatable bonds is 13. The Labute approximate surface area is 274 Å². The second kappa shape index (κ2) is 14.6. The van der Waals surface area contributed by atoms with Crippen LogP contribution in [0.4, 0.5) is 0 Å².